The van der Waals surface area contributed by atoms with Crippen LogP contribution in [0.15, 0.2) is 102 Å². The van der Waals surface area contributed by atoms with Crippen LogP contribution in [0.25, 0.3) is 6.08 Å². The summed E-state index contributed by atoms with van der Waals surface area (Å²) in [4.78, 5) is 54.5. The van der Waals surface area contributed by atoms with Gasteiger partial charge in [0.15, 0.2) is 11.5 Å². The molecular formula is C34H27Cl2N3O6S. The third-order valence-corrected chi connectivity index (χ3v) is 8.82. The van der Waals surface area contributed by atoms with Gasteiger partial charge in [0.1, 0.15) is 5.70 Å². The monoisotopic (exact) mass is 675 g/mol. The number of methoxy groups -OCH3 is 2. The number of ether oxygens (including phenoxy) is 2. The summed E-state index contributed by atoms with van der Waals surface area (Å²) in [6, 6.07) is 25.1. The number of carbonyl (C=O) groups is 4. The van der Waals surface area contributed by atoms with Crippen LogP contribution in [0.3, 0.4) is 0 Å². The summed E-state index contributed by atoms with van der Waals surface area (Å²) >= 11 is 13.3. The zero-order valence-corrected chi connectivity index (χ0v) is 26.9. The lowest BCUT2D eigenvalue weighted by Gasteiger charge is -2.16. The zero-order valence-electron chi connectivity index (χ0n) is 24.6. The Morgan fingerprint density at radius 1 is 0.891 bits per heavy atom. The number of hydrogen-bond donors (Lipinski definition) is 2. The van der Waals surface area contributed by atoms with Crippen LogP contribution in [0, 0.1) is 0 Å². The molecule has 0 aliphatic carbocycles. The minimum atomic E-state index is -0.686. The maximum atomic E-state index is 13.6. The van der Waals surface area contributed by atoms with E-state index in [0.29, 0.717) is 43.9 Å². The molecule has 4 amide bonds. The Morgan fingerprint density at radius 3 is 2.37 bits per heavy atom. The van der Waals surface area contributed by atoms with Crippen molar-refractivity contribution in [3.63, 3.8) is 0 Å². The first-order valence-corrected chi connectivity index (χ1v) is 15.5. The van der Waals surface area contributed by atoms with E-state index in [4.69, 9.17) is 32.7 Å². The lowest BCUT2D eigenvalue weighted by molar-refractivity contribution is -0.121. The van der Waals surface area contributed by atoms with Gasteiger partial charge in [-0.05, 0) is 60.7 Å². The van der Waals surface area contributed by atoms with E-state index < -0.39 is 17.1 Å². The second-order valence-corrected chi connectivity index (χ2v) is 12.0. The first-order chi connectivity index (χ1) is 22.2. The summed E-state index contributed by atoms with van der Waals surface area (Å²) in [6.07, 6.45) is 1.48. The molecule has 0 aromatic heterocycles. The standard InChI is InChI=1S/C34H27Cl2N3O6S/c1-44-28-13-6-10-21(31(28)45-2)16-27(38-32(41)20-8-4-3-5-9-20)33(42)37-22-11-7-12-24(17-22)46-29-19-30(40)39(34(29)43)23-14-15-25(35)26(36)18-23/h3-18,29H,19H2,1-2H3,(H,37,42)(H,38,41)/b27-16+/t29-/m0/s1. The zero-order chi connectivity index (χ0) is 32.8. The van der Waals surface area contributed by atoms with Crippen LogP contribution >= 0.6 is 35.0 Å². The van der Waals surface area contributed by atoms with Gasteiger partial charge in [-0.1, -0.05) is 59.6 Å². The molecule has 0 bridgehead atoms. The number of nitrogens with zero attached hydrogens (tertiary/aromatic N) is 1. The molecule has 5 rings (SSSR count). The van der Waals surface area contributed by atoms with Gasteiger partial charge in [-0.2, -0.15) is 0 Å². The predicted octanol–water partition coefficient (Wildman–Crippen LogP) is 6.84. The van der Waals surface area contributed by atoms with Gasteiger partial charge in [0.25, 0.3) is 11.8 Å². The molecule has 1 aliphatic heterocycles. The van der Waals surface area contributed by atoms with Crippen molar-refractivity contribution in [2.75, 3.05) is 24.4 Å². The molecule has 0 unspecified atom stereocenters. The number of carbonyl (C=O) groups excluding carboxylic acids is 4. The number of thioether (sulfide) groups is 1. The largest absolute Gasteiger partial charge is 0.493 e. The highest BCUT2D eigenvalue weighted by Gasteiger charge is 2.40. The smallest absolute Gasteiger partial charge is 0.272 e. The molecule has 1 atom stereocenters. The molecule has 4 aromatic carbocycles. The van der Waals surface area contributed by atoms with Gasteiger partial charge in [-0.15, -0.1) is 11.8 Å². The average Bonchev–Trinajstić information content (AvgIpc) is 3.33. The number of hydrogen-bond acceptors (Lipinski definition) is 7. The number of benzene rings is 4. The summed E-state index contributed by atoms with van der Waals surface area (Å²) in [7, 11) is 2.98. The normalized spacial score (nSPS) is 14.7. The Hall–Kier alpha value is -4.77. The average molecular weight is 677 g/mol. The first-order valence-electron chi connectivity index (χ1n) is 13.9. The summed E-state index contributed by atoms with van der Waals surface area (Å²) in [5.41, 5.74) is 1.57. The van der Waals surface area contributed by atoms with E-state index in [-0.39, 0.29) is 29.0 Å². The van der Waals surface area contributed by atoms with Gasteiger partial charge in [0, 0.05) is 28.1 Å². The quantitative estimate of drug-likeness (QED) is 0.140. The number of para-hydroxylation sites is 1. The van der Waals surface area contributed by atoms with E-state index >= 15 is 0 Å². The lowest BCUT2D eigenvalue weighted by atomic mass is 10.1. The third-order valence-electron chi connectivity index (χ3n) is 6.90. The highest BCUT2D eigenvalue weighted by Crippen LogP contribution is 2.37. The Kier molecular flexibility index (Phi) is 10.3. The van der Waals surface area contributed by atoms with Crippen molar-refractivity contribution in [3.8, 4) is 11.5 Å². The summed E-state index contributed by atoms with van der Waals surface area (Å²) in [5, 5.41) is 5.39. The van der Waals surface area contributed by atoms with Crippen LogP contribution in [0.1, 0.15) is 22.3 Å². The van der Waals surface area contributed by atoms with Gasteiger partial charge < -0.3 is 20.1 Å². The van der Waals surface area contributed by atoms with Crippen molar-refractivity contribution in [1.29, 1.82) is 0 Å². The van der Waals surface area contributed by atoms with Crippen LogP contribution in [-0.4, -0.2) is 43.1 Å². The minimum Gasteiger partial charge on any atom is -0.493 e. The lowest BCUT2D eigenvalue weighted by Crippen LogP contribution is -2.31. The van der Waals surface area contributed by atoms with Gasteiger partial charge in [0.2, 0.25) is 11.8 Å². The Bertz CT molecular complexity index is 1850. The molecule has 1 fully saturated rings. The number of amides is 4. The molecule has 0 radical (unpaired) electrons. The van der Waals surface area contributed by atoms with E-state index in [2.05, 4.69) is 10.6 Å². The molecule has 1 saturated heterocycles. The van der Waals surface area contributed by atoms with E-state index in [1.165, 1.54) is 44.2 Å². The van der Waals surface area contributed by atoms with Gasteiger partial charge in [-0.3, -0.25) is 19.2 Å². The summed E-state index contributed by atoms with van der Waals surface area (Å²) < 4.78 is 10.9. The van der Waals surface area contributed by atoms with Crippen molar-refractivity contribution in [1.82, 2.24) is 5.32 Å². The molecule has 0 spiro atoms. The van der Waals surface area contributed by atoms with E-state index in [0.717, 1.165) is 4.90 Å². The number of nitrogens with one attached hydrogen (secondary N) is 2. The van der Waals surface area contributed by atoms with Crippen LogP contribution in [0.2, 0.25) is 10.0 Å². The van der Waals surface area contributed by atoms with Crippen molar-refractivity contribution < 1.29 is 28.7 Å². The molecule has 1 heterocycles. The SMILES string of the molecule is COc1cccc(/C=C(/NC(=O)c2ccccc2)C(=O)Nc2cccc(S[C@H]3CC(=O)N(c4ccc(Cl)c(Cl)c4)C3=O)c2)c1OC. The van der Waals surface area contributed by atoms with E-state index in [1.807, 2.05) is 0 Å². The van der Waals surface area contributed by atoms with Gasteiger partial charge >= 0.3 is 0 Å². The van der Waals surface area contributed by atoms with Crippen LogP contribution < -0.4 is 25.0 Å². The van der Waals surface area contributed by atoms with E-state index in [1.54, 1.807) is 78.9 Å². The topological polar surface area (TPSA) is 114 Å². The molecule has 12 heteroatoms. The second kappa shape index (κ2) is 14.6. The molecule has 2 N–H and O–H groups in total. The molecule has 4 aromatic rings. The summed E-state index contributed by atoms with van der Waals surface area (Å²) in [6.45, 7) is 0. The molecule has 234 valence electrons. The minimum absolute atomic E-state index is 0.0128. The van der Waals surface area contributed by atoms with Crippen molar-refractivity contribution >= 4 is 76.0 Å². The number of halogens is 2. The Morgan fingerprint density at radius 2 is 1.65 bits per heavy atom. The molecular weight excluding hydrogens is 649 g/mol. The molecule has 0 saturated carbocycles. The Balaban J connectivity index is 1.37. The number of imide groups is 1. The van der Waals surface area contributed by atoms with Crippen LogP contribution in [0.4, 0.5) is 11.4 Å². The highest BCUT2D eigenvalue weighted by molar-refractivity contribution is 8.00. The highest BCUT2D eigenvalue weighted by atomic mass is 35.5. The molecule has 1 aliphatic rings. The fraction of sp³-hybridized carbons (Fsp3) is 0.118. The maximum Gasteiger partial charge on any atom is 0.272 e. The third kappa shape index (κ3) is 7.37. The van der Waals surface area contributed by atoms with Crippen molar-refractivity contribution in [2.24, 2.45) is 0 Å². The molecule has 46 heavy (non-hydrogen) atoms. The fourth-order valence-corrected chi connectivity index (χ4v) is 6.13. The van der Waals surface area contributed by atoms with Crippen LogP contribution in [-0.2, 0) is 14.4 Å². The number of anilines is 2. The van der Waals surface area contributed by atoms with Gasteiger partial charge in [-0.25, -0.2) is 4.90 Å². The van der Waals surface area contributed by atoms with Gasteiger partial charge in [0.05, 0.1) is 35.2 Å². The Labute approximate surface area is 279 Å². The summed E-state index contributed by atoms with van der Waals surface area (Å²) in [5.74, 6) is -0.995. The molecule has 9 nitrogen and oxygen atoms in total. The number of rotatable bonds is 10. The van der Waals surface area contributed by atoms with Crippen LogP contribution in [0.5, 0.6) is 11.5 Å². The second-order valence-electron chi connectivity index (χ2n) is 9.92. The fourth-order valence-electron chi connectivity index (χ4n) is 4.72. The van der Waals surface area contributed by atoms with Crippen molar-refractivity contribution in [2.45, 2.75) is 16.6 Å². The first kappa shape index (κ1) is 32.6. The maximum absolute atomic E-state index is 13.6. The van der Waals surface area contributed by atoms with Crippen molar-refractivity contribution in [3.05, 3.63) is 118 Å². The van der Waals surface area contributed by atoms with E-state index in [9.17, 15) is 19.2 Å². The predicted molar refractivity (Wildman–Crippen MR) is 180 cm³/mol.